The molecule has 0 fully saturated rings. The van der Waals surface area contributed by atoms with Gasteiger partial charge in [0.15, 0.2) is 5.82 Å². The van der Waals surface area contributed by atoms with Gasteiger partial charge in [-0.1, -0.05) is 0 Å². The van der Waals surface area contributed by atoms with Crippen LogP contribution in [0.1, 0.15) is 22.6 Å². The van der Waals surface area contributed by atoms with E-state index in [1.54, 1.807) is 24.5 Å². The number of carbonyl (C=O) groups excluding carboxylic acids is 1. The maximum atomic E-state index is 11.3. The number of ether oxygens (including phenoxy) is 1. The number of fused-ring (bicyclic) bond motifs is 1. The van der Waals surface area contributed by atoms with Crippen molar-refractivity contribution in [2.75, 3.05) is 19.0 Å². The van der Waals surface area contributed by atoms with E-state index >= 15 is 0 Å². The third-order valence-electron chi connectivity index (χ3n) is 3.19. The second-order valence-corrected chi connectivity index (χ2v) is 4.51. The third kappa shape index (κ3) is 2.32. The van der Waals surface area contributed by atoms with Crippen molar-refractivity contribution < 1.29 is 9.53 Å². The topological polar surface area (TPSA) is 77.0 Å². The number of aromatic nitrogens is 3. The molecule has 2 aromatic heterocycles. The largest absolute Gasteiger partial charge is 0.464 e. The second kappa shape index (κ2) is 5.24. The summed E-state index contributed by atoms with van der Waals surface area (Å²) in [5, 5.41) is 3.27. The standard InChI is InChI=1S/C14H14N4O2/c1-20-14(19)11-5-4-9(7-16-11)13-17-8-12-10(18-13)3-2-6-15-12/h4-5,7-8,15H,2-3,6H2,1H3. The highest BCUT2D eigenvalue weighted by atomic mass is 16.5. The molecule has 0 saturated heterocycles. The monoisotopic (exact) mass is 270 g/mol. The lowest BCUT2D eigenvalue weighted by atomic mass is 10.1. The van der Waals surface area contributed by atoms with Crippen LogP contribution in [0, 0.1) is 0 Å². The van der Waals surface area contributed by atoms with E-state index in [1.165, 1.54) is 7.11 Å². The Balaban J connectivity index is 1.91. The van der Waals surface area contributed by atoms with Gasteiger partial charge in [0.05, 0.1) is 24.7 Å². The van der Waals surface area contributed by atoms with Gasteiger partial charge in [0.2, 0.25) is 0 Å². The van der Waals surface area contributed by atoms with Gasteiger partial charge >= 0.3 is 5.97 Å². The lowest BCUT2D eigenvalue weighted by Crippen LogP contribution is -2.14. The van der Waals surface area contributed by atoms with Gasteiger partial charge in [0.1, 0.15) is 5.69 Å². The molecule has 102 valence electrons. The number of nitrogens with zero attached hydrogens (tertiary/aromatic N) is 3. The van der Waals surface area contributed by atoms with E-state index in [4.69, 9.17) is 0 Å². The smallest absolute Gasteiger partial charge is 0.356 e. The molecule has 6 heteroatoms. The van der Waals surface area contributed by atoms with Crippen molar-refractivity contribution in [3.05, 3.63) is 35.9 Å². The van der Waals surface area contributed by atoms with Crippen LogP contribution in [0.3, 0.4) is 0 Å². The molecule has 0 aromatic carbocycles. The normalized spacial score (nSPS) is 13.2. The molecule has 0 amide bonds. The van der Waals surface area contributed by atoms with Gasteiger partial charge in [-0.3, -0.25) is 0 Å². The Kier molecular flexibility index (Phi) is 3.28. The summed E-state index contributed by atoms with van der Waals surface area (Å²) in [6.45, 7) is 0.963. The van der Waals surface area contributed by atoms with Crippen molar-refractivity contribution in [3.8, 4) is 11.4 Å². The van der Waals surface area contributed by atoms with E-state index in [1.807, 2.05) is 0 Å². The fourth-order valence-corrected chi connectivity index (χ4v) is 2.12. The van der Waals surface area contributed by atoms with Crippen LogP contribution in [0.4, 0.5) is 5.69 Å². The minimum Gasteiger partial charge on any atom is -0.464 e. The molecule has 2 aromatic rings. The number of hydrogen-bond donors (Lipinski definition) is 1. The molecule has 0 saturated carbocycles. The van der Waals surface area contributed by atoms with Crippen LogP contribution in [0.25, 0.3) is 11.4 Å². The summed E-state index contributed by atoms with van der Waals surface area (Å²) in [7, 11) is 1.33. The quantitative estimate of drug-likeness (QED) is 0.837. The van der Waals surface area contributed by atoms with Crippen LogP contribution in [-0.2, 0) is 11.2 Å². The first kappa shape index (κ1) is 12.5. The molecule has 1 N–H and O–H groups in total. The Morgan fingerprint density at radius 1 is 1.30 bits per heavy atom. The summed E-state index contributed by atoms with van der Waals surface area (Å²) in [5.74, 6) is 0.170. The number of carbonyl (C=O) groups is 1. The number of pyridine rings is 1. The SMILES string of the molecule is COC(=O)c1ccc(-c2ncc3c(n2)CCCN3)cn1. The van der Waals surface area contributed by atoms with E-state index in [0.29, 0.717) is 5.82 Å². The zero-order chi connectivity index (χ0) is 13.9. The molecule has 0 aliphatic carbocycles. The highest BCUT2D eigenvalue weighted by Gasteiger charge is 2.13. The molecular formula is C14H14N4O2. The lowest BCUT2D eigenvalue weighted by Gasteiger charge is -2.16. The van der Waals surface area contributed by atoms with Crippen molar-refractivity contribution in [3.63, 3.8) is 0 Å². The maximum absolute atomic E-state index is 11.3. The van der Waals surface area contributed by atoms with Gasteiger partial charge in [-0.05, 0) is 25.0 Å². The number of esters is 1. The van der Waals surface area contributed by atoms with Crippen LogP contribution in [0.2, 0.25) is 0 Å². The van der Waals surface area contributed by atoms with Gasteiger partial charge in [0, 0.05) is 18.3 Å². The number of hydrogen-bond acceptors (Lipinski definition) is 6. The number of methoxy groups -OCH3 is 1. The first-order valence-corrected chi connectivity index (χ1v) is 6.42. The van der Waals surface area contributed by atoms with Crippen LogP contribution in [0.15, 0.2) is 24.5 Å². The highest BCUT2D eigenvalue weighted by Crippen LogP contribution is 2.22. The Labute approximate surface area is 116 Å². The molecular weight excluding hydrogens is 256 g/mol. The molecule has 3 heterocycles. The Morgan fingerprint density at radius 3 is 2.95 bits per heavy atom. The van der Waals surface area contributed by atoms with Crippen LogP contribution in [0.5, 0.6) is 0 Å². The van der Waals surface area contributed by atoms with Gasteiger partial charge in [-0.2, -0.15) is 0 Å². The van der Waals surface area contributed by atoms with Crippen LogP contribution < -0.4 is 5.32 Å². The van der Waals surface area contributed by atoms with Crippen molar-refractivity contribution in [2.45, 2.75) is 12.8 Å². The highest BCUT2D eigenvalue weighted by molar-refractivity contribution is 5.87. The molecule has 3 rings (SSSR count). The summed E-state index contributed by atoms with van der Waals surface area (Å²) < 4.78 is 4.62. The van der Waals surface area contributed by atoms with Crippen molar-refractivity contribution >= 4 is 11.7 Å². The van der Waals surface area contributed by atoms with Gasteiger partial charge in [-0.25, -0.2) is 19.7 Å². The van der Waals surface area contributed by atoms with E-state index in [9.17, 15) is 4.79 Å². The maximum Gasteiger partial charge on any atom is 0.356 e. The van der Waals surface area contributed by atoms with E-state index in [-0.39, 0.29) is 5.69 Å². The molecule has 0 spiro atoms. The Bertz CT molecular complexity index is 640. The van der Waals surface area contributed by atoms with Gasteiger partial charge in [0.25, 0.3) is 0 Å². The van der Waals surface area contributed by atoms with Crippen molar-refractivity contribution in [1.82, 2.24) is 15.0 Å². The average Bonchev–Trinajstić information content (AvgIpc) is 2.54. The number of rotatable bonds is 2. The van der Waals surface area contributed by atoms with Crippen LogP contribution in [-0.4, -0.2) is 34.6 Å². The number of aryl methyl sites for hydroxylation is 1. The fourth-order valence-electron chi connectivity index (χ4n) is 2.12. The first-order valence-electron chi connectivity index (χ1n) is 6.42. The van der Waals surface area contributed by atoms with Crippen molar-refractivity contribution in [2.24, 2.45) is 0 Å². The van der Waals surface area contributed by atoms with Gasteiger partial charge in [-0.15, -0.1) is 0 Å². The molecule has 6 nitrogen and oxygen atoms in total. The Hall–Kier alpha value is -2.50. The van der Waals surface area contributed by atoms with Crippen LogP contribution >= 0.6 is 0 Å². The van der Waals surface area contributed by atoms with Crippen molar-refractivity contribution in [1.29, 1.82) is 0 Å². The fraction of sp³-hybridized carbons (Fsp3) is 0.286. The zero-order valence-electron chi connectivity index (χ0n) is 11.1. The van der Waals surface area contributed by atoms with E-state index in [2.05, 4.69) is 25.0 Å². The average molecular weight is 270 g/mol. The minimum absolute atomic E-state index is 0.274. The predicted octanol–water partition coefficient (Wildman–Crippen LogP) is 1.68. The lowest BCUT2D eigenvalue weighted by molar-refractivity contribution is 0.0594. The molecule has 0 bridgehead atoms. The first-order chi connectivity index (χ1) is 9.78. The molecule has 0 atom stereocenters. The summed E-state index contributed by atoms with van der Waals surface area (Å²) in [4.78, 5) is 24.3. The zero-order valence-corrected chi connectivity index (χ0v) is 11.1. The molecule has 20 heavy (non-hydrogen) atoms. The number of nitrogens with one attached hydrogen (secondary N) is 1. The van der Waals surface area contributed by atoms with E-state index in [0.717, 1.165) is 36.3 Å². The minimum atomic E-state index is -0.452. The molecule has 1 aliphatic heterocycles. The summed E-state index contributed by atoms with van der Waals surface area (Å²) in [5.41, 5.74) is 3.08. The molecule has 0 radical (unpaired) electrons. The molecule has 1 aliphatic rings. The third-order valence-corrected chi connectivity index (χ3v) is 3.19. The summed E-state index contributed by atoms with van der Waals surface area (Å²) in [6.07, 6.45) is 5.41. The van der Waals surface area contributed by atoms with Gasteiger partial charge < -0.3 is 10.1 Å². The summed E-state index contributed by atoms with van der Waals surface area (Å²) >= 11 is 0. The second-order valence-electron chi connectivity index (χ2n) is 4.51. The number of anilines is 1. The molecule has 0 unspecified atom stereocenters. The van der Waals surface area contributed by atoms with E-state index < -0.39 is 5.97 Å². The summed E-state index contributed by atoms with van der Waals surface area (Å²) in [6, 6.07) is 3.39. The Morgan fingerprint density at radius 2 is 2.20 bits per heavy atom. The predicted molar refractivity (Wildman–Crippen MR) is 73.4 cm³/mol.